The Morgan fingerprint density at radius 3 is 2.20 bits per heavy atom. The van der Waals surface area contributed by atoms with Crippen LogP contribution in [-0.4, -0.2) is 11.2 Å². The van der Waals surface area contributed by atoms with Gasteiger partial charge in [0.1, 0.15) is 0 Å². The average Bonchev–Trinajstić information content (AvgIpc) is 2.05. The zero-order valence-electron chi connectivity index (χ0n) is 10.2. The molecule has 1 aromatic rings. The van der Waals surface area contributed by atoms with E-state index in [1.165, 1.54) is 0 Å². The summed E-state index contributed by atoms with van der Waals surface area (Å²) in [5.74, 6) is 0.772. The van der Waals surface area contributed by atoms with Crippen LogP contribution in [0, 0.1) is 0 Å². The third kappa shape index (κ3) is 3.15. The second kappa shape index (κ2) is 4.13. The molecule has 1 rings (SSSR count). The number of phenols is 1. The Morgan fingerprint density at radius 1 is 1.20 bits per heavy atom. The van der Waals surface area contributed by atoms with Gasteiger partial charge in [0.2, 0.25) is 0 Å². The molecule has 0 saturated carbocycles. The van der Waals surface area contributed by atoms with E-state index in [9.17, 15) is 5.11 Å². The zero-order chi connectivity index (χ0) is 11.6. The highest BCUT2D eigenvalue weighted by Crippen LogP contribution is 2.32. The SMILES string of the molecule is CC(C)Oc1ccc(C(C)(C)C)cc1O. The van der Waals surface area contributed by atoms with Crippen molar-refractivity contribution < 1.29 is 9.84 Å². The minimum absolute atomic E-state index is 0.0494. The first-order valence-corrected chi connectivity index (χ1v) is 5.31. The van der Waals surface area contributed by atoms with Crippen molar-refractivity contribution in [2.75, 3.05) is 0 Å². The highest BCUT2D eigenvalue weighted by atomic mass is 16.5. The third-order valence-corrected chi connectivity index (χ3v) is 2.19. The van der Waals surface area contributed by atoms with Gasteiger partial charge in [0.25, 0.3) is 0 Å². The summed E-state index contributed by atoms with van der Waals surface area (Å²) in [5, 5.41) is 9.78. The van der Waals surface area contributed by atoms with Crippen molar-refractivity contribution in [3.05, 3.63) is 23.8 Å². The summed E-state index contributed by atoms with van der Waals surface area (Å²) in [6.07, 6.45) is 0.0800. The second-order valence-corrected chi connectivity index (χ2v) is 5.10. The van der Waals surface area contributed by atoms with Gasteiger partial charge < -0.3 is 9.84 Å². The number of benzene rings is 1. The molecule has 2 nitrogen and oxygen atoms in total. The predicted molar refractivity (Wildman–Crippen MR) is 62.6 cm³/mol. The van der Waals surface area contributed by atoms with Gasteiger partial charge in [0.15, 0.2) is 11.5 Å². The van der Waals surface area contributed by atoms with Crippen molar-refractivity contribution in [1.29, 1.82) is 0 Å². The van der Waals surface area contributed by atoms with E-state index in [4.69, 9.17) is 4.74 Å². The van der Waals surface area contributed by atoms with Crippen LogP contribution in [0.2, 0.25) is 0 Å². The predicted octanol–water partition coefficient (Wildman–Crippen LogP) is 3.48. The van der Waals surface area contributed by atoms with Gasteiger partial charge in [-0.3, -0.25) is 0 Å². The van der Waals surface area contributed by atoms with Crippen LogP contribution in [0.3, 0.4) is 0 Å². The van der Waals surface area contributed by atoms with Crippen LogP contribution in [0.4, 0.5) is 0 Å². The molecule has 0 aliphatic carbocycles. The number of aromatic hydroxyl groups is 1. The van der Waals surface area contributed by atoms with Crippen molar-refractivity contribution >= 4 is 0 Å². The molecule has 0 unspecified atom stereocenters. The number of hydrogen-bond donors (Lipinski definition) is 1. The highest BCUT2D eigenvalue weighted by molar-refractivity contribution is 5.43. The minimum Gasteiger partial charge on any atom is -0.504 e. The maximum absolute atomic E-state index is 9.78. The van der Waals surface area contributed by atoms with Crippen LogP contribution in [0.25, 0.3) is 0 Å². The standard InChI is InChI=1S/C13H20O2/c1-9(2)15-12-7-6-10(8-11(12)14)13(3,4)5/h6-9,14H,1-5H3. The maximum Gasteiger partial charge on any atom is 0.161 e. The van der Waals surface area contributed by atoms with E-state index in [0.29, 0.717) is 5.75 Å². The van der Waals surface area contributed by atoms with E-state index in [2.05, 4.69) is 20.8 Å². The second-order valence-electron chi connectivity index (χ2n) is 5.10. The molecule has 15 heavy (non-hydrogen) atoms. The topological polar surface area (TPSA) is 29.5 Å². The zero-order valence-corrected chi connectivity index (χ0v) is 10.2. The van der Waals surface area contributed by atoms with Crippen molar-refractivity contribution in [3.8, 4) is 11.5 Å². The molecule has 1 N–H and O–H groups in total. The summed E-state index contributed by atoms with van der Waals surface area (Å²) in [4.78, 5) is 0. The smallest absolute Gasteiger partial charge is 0.161 e. The summed E-state index contributed by atoms with van der Waals surface area (Å²) in [6, 6.07) is 5.60. The summed E-state index contributed by atoms with van der Waals surface area (Å²) < 4.78 is 5.46. The van der Waals surface area contributed by atoms with Crippen LogP contribution in [0.5, 0.6) is 11.5 Å². The number of rotatable bonds is 2. The van der Waals surface area contributed by atoms with E-state index in [1.54, 1.807) is 6.07 Å². The Balaban J connectivity index is 2.98. The summed E-state index contributed by atoms with van der Waals surface area (Å²) in [5.41, 5.74) is 1.16. The quantitative estimate of drug-likeness (QED) is 0.806. The van der Waals surface area contributed by atoms with Crippen molar-refractivity contribution in [2.24, 2.45) is 0 Å². The van der Waals surface area contributed by atoms with Gasteiger partial charge in [-0.1, -0.05) is 26.8 Å². The molecule has 2 heteroatoms. The first-order chi connectivity index (χ1) is 6.80. The normalized spacial score (nSPS) is 11.9. The molecule has 0 spiro atoms. The highest BCUT2D eigenvalue weighted by Gasteiger charge is 2.15. The molecular formula is C13H20O2. The molecule has 1 aromatic carbocycles. The van der Waals surface area contributed by atoms with E-state index in [1.807, 2.05) is 26.0 Å². The van der Waals surface area contributed by atoms with Crippen LogP contribution >= 0.6 is 0 Å². The van der Waals surface area contributed by atoms with Crippen LogP contribution in [-0.2, 0) is 5.41 Å². The first-order valence-electron chi connectivity index (χ1n) is 5.31. The molecule has 0 amide bonds. The lowest BCUT2D eigenvalue weighted by Crippen LogP contribution is -2.11. The molecule has 0 radical (unpaired) electrons. The molecular weight excluding hydrogens is 188 g/mol. The van der Waals surface area contributed by atoms with Gasteiger partial charge in [0.05, 0.1) is 6.10 Å². The lowest BCUT2D eigenvalue weighted by Gasteiger charge is -2.20. The monoisotopic (exact) mass is 208 g/mol. The lowest BCUT2D eigenvalue weighted by molar-refractivity contribution is 0.231. The summed E-state index contributed by atoms with van der Waals surface area (Å²) in [7, 11) is 0. The van der Waals surface area contributed by atoms with Crippen molar-refractivity contribution in [3.63, 3.8) is 0 Å². The Kier molecular flexibility index (Phi) is 3.28. The van der Waals surface area contributed by atoms with Gasteiger partial charge >= 0.3 is 0 Å². The number of phenolic OH excluding ortho intramolecular Hbond substituents is 1. The fourth-order valence-corrected chi connectivity index (χ4v) is 1.34. The molecule has 0 saturated heterocycles. The van der Waals surface area contributed by atoms with E-state index >= 15 is 0 Å². The Labute approximate surface area is 91.9 Å². The molecule has 0 bridgehead atoms. The Morgan fingerprint density at radius 2 is 1.80 bits per heavy atom. The van der Waals surface area contributed by atoms with Gasteiger partial charge in [-0.05, 0) is 37.0 Å². The lowest BCUT2D eigenvalue weighted by atomic mass is 9.87. The molecule has 0 heterocycles. The van der Waals surface area contributed by atoms with E-state index in [0.717, 1.165) is 5.56 Å². The van der Waals surface area contributed by atoms with Crippen molar-refractivity contribution in [1.82, 2.24) is 0 Å². The molecule has 0 aliphatic heterocycles. The van der Waals surface area contributed by atoms with Crippen LogP contribution in [0.15, 0.2) is 18.2 Å². The van der Waals surface area contributed by atoms with Gasteiger partial charge in [-0.25, -0.2) is 0 Å². The van der Waals surface area contributed by atoms with E-state index in [-0.39, 0.29) is 17.3 Å². The Hall–Kier alpha value is -1.18. The fraction of sp³-hybridized carbons (Fsp3) is 0.538. The third-order valence-electron chi connectivity index (χ3n) is 2.19. The Bertz CT molecular complexity index is 335. The van der Waals surface area contributed by atoms with Gasteiger partial charge in [-0.2, -0.15) is 0 Å². The van der Waals surface area contributed by atoms with Gasteiger partial charge in [-0.15, -0.1) is 0 Å². The molecule has 84 valence electrons. The largest absolute Gasteiger partial charge is 0.504 e. The molecule has 0 aliphatic rings. The van der Waals surface area contributed by atoms with Crippen molar-refractivity contribution in [2.45, 2.75) is 46.1 Å². The molecule has 0 atom stereocenters. The van der Waals surface area contributed by atoms with E-state index < -0.39 is 0 Å². The minimum atomic E-state index is 0.0494. The summed E-state index contributed by atoms with van der Waals surface area (Å²) >= 11 is 0. The van der Waals surface area contributed by atoms with Crippen LogP contribution < -0.4 is 4.74 Å². The number of hydrogen-bond acceptors (Lipinski definition) is 2. The average molecular weight is 208 g/mol. The fourth-order valence-electron chi connectivity index (χ4n) is 1.34. The van der Waals surface area contributed by atoms with Crippen LogP contribution in [0.1, 0.15) is 40.2 Å². The maximum atomic E-state index is 9.78. The number of ether oxygens (including phenoxy) is 1. The first kappa shape index (κ1) is 11.9. The molecule has 0 fully saturated rings. The summed E-state index contributed by atoms with van der Waals surface area (Å²) in [6.45, 7) is 10.2. The molecule has 0 aromatic heterocycles. The van der Waals surface area contributed by atoms with Gasteiger partial charge in [0, 0.05) is 0 Å².